The van der Waals surface area contributed by atoms with Crippen molar-refractivity contribution < 1.29 is 9.53 Å². The summed E-state index contributed by atoms with van der Waals surface area (Å²) in [7, 11) is 0. The zero-order valence-electron chi connectivity index (χ0n) is 9.28. The fourth-order valence-electron chi connectivity index (χ4n) is 2.74. The molecule has 0 N–H and O–H groups in total. The summed E-state index contributed by atoms with van der Waals surface area (Å²) in [6.07, 6.45) is 1.61. The van der Waals surface area contributed by atoms with Gasteiger partial charge < -0.3 is 9.64 Å². The van der Waals surface area contributed by atoms with E-state index >= 15 is 0 Å². The average molecular weight is 232 g/mol. The lowest BCUT2D eigenvalue weighted by molar-refractivity contribution is -0.160. The molecule has 0 aromatic carbocycles. The number of fused-ring (bicyclic) bond motifs is 2. The molecule has 0 aromatic rings. The second kappa shape index (κ2) is 4.30. The maximum absolute atomic E-state index is 11.7. The van der Waals surface area contributed by atoms with Crippen LogP contribution in [-0.2, 0) is 9.53 Å². The third-order valence-corrected chi connectivity index (χ3v) is 3.64. The number of nitrogens with zero attached hydrogens (tertiary/aromatic N) is 1. The van der Waals surface area contributed by atoms with Crippen molar-refractivity contribution >= 4 is 17.5 Å². The van der Waals surface area contributed by atoms with Gasteiger partial charge in [0.15, 0.2) is 0 Å². The lowest BCUT2D eigenvalue weighted by Crippen LogP contribution is -2.61. The first-order valence-electron chi connectivity index (χ1n) is 5.68. The molecule has 2 aliphatic heterocycles. The van der Waals surface area contributed by atoms with Crippen LogP contribution in [-0.4, -0.2) is 42.0 Å². The van der Waals surface area contributed by atoms with Gasteiger partial charge in [0.1, 0.15) is 5.38 Å². The van der Waals surface area contributed by atoms with Crippen LogP contribution in [0.2, 0.25) is 0 Å². The number of amides is 1. The van der Waals surface area contributed by atoms with Gasteiger partial charge in [0.2, 0.25) is 5.91 Å². The molecule has 3 nitrogen and oxygen atoms in total. The second-order valence-electron chi connectivity index (χ2n) is 4.54. The molecule has 2 bridgehead atoms. The maximum atomic E-state index is 11.7. The van der Waals surface area contributed by atoms with Crippen LogP contribution in [0.1, 0.15) is 20.3 Å². The standard InChI is InChI=1S/C11H18ClNO2/c1-3-15-10-8-4-9(10)6-13(5-8)11(14)7(2)12/h7-10H,3-6H2,1-2H3. The Labute approximate surface area is 95.7 Å². The minimum atomic E-state index is -0.395. The molecule has 15 heavy (non-hydrogen) atoms. The normalized spacial score (nSPS) is 35.9. The van der Waals surface area contributed by atoms with E-state index in [-0.39, 0.29) is 5.91 Å². The SMILES string of the molecule is CCOC1C2CC1CN(C(=O)C(C)Cl)C2. The van der Waals surface area contributed by atoms with E-state index in [9.17, 15) is 4.79 Å². The molecule has 3 atom stereocenters. The Morgan fingerprint density at radius 1 is 1.53 bits per heavy atom. The van der Waals surface area contributed by atoms with Crippen molar-refractivity contribution in [3.8, 4) is 0 Å². The predicted molar refractivity (Wildman–Crippen MR) is 58.9 cm³/mol. The third kappa shape index (κ3) is 2.00. The lowest BCUT2D eigenvalue weighted by atomic mass is 9.68. The van der Waals surface area contributed by atoms with Crippen LogP contribution in [0, 0.1) is 11.8 Å². The van der Waals surface area contributed by atoms with Crippen molar-refractivity contribution in [1.82, 2.24) is 4.90 Å². The Morgan fingerprint density at radius 2 is 2.13 bits per heavy atom. The molecule has 2 saturated heterocycles. The Kier molecular flexibility index (Phi) is 3.21. The molecular formula is C11H18ClNO2. The molecule has 4 heteroatoms. The van der Waals surface area contributed by atoms with E-state index in [0.717, 1.165) is 19.7 Å². The van der Waals surface area contributed by atoms with Crippen molar-refractivity contribution in [2.24, 2.45) is 11.8 Å². The zero-order chi connectivity index (χ0) is 11.0. The number of hydrogen-bond acceptors (Lipinski definition) is 2. The highest BCUT2D eigenvalue weighted by molar-refractivity contribution is 6.30. The Morgan fingerprint density at radius 3 is 2.60 bits per heavy atom. The molecule has 3 fully saturated rings. The van der Waals surface area contributed by atoms with Gasteiger partial charge in [0, 0.05) is 31.5 Å². The van der Waals surface area contributed by atoms with Gasteiger partial charge in [-0.2, -0.15) is 0 Å². The van der Waals surface area contributed by atoms with E-state index in [1.54, 1.807) is 6.92 Å². The number of hydrogen-bond donors (Lipinski definition) is 0. The fourth-order valence-corrected chi connectivity index (χ4v) is 2.88. The van der Waals surface area contributed by atoms with Crippen LogP contribution >= 0.6 is 11.6 Å². The van der Waals surface area contributed by atoms with E-state index in [1.807, 2.05) is 11.8 Å². The lowest BCUT2D eigenvalue weighted by Gasteiger charge is -2.53. The van der Waals surface area contributed by atoms with E-state index in [1.165, 1.54) is 6.42 Å². The zero-order valence-corrected chi connectivity index (χ0v) is 10.0. The Bertz CT molecular complexity index is 245. The number of rotatable bonds is 3. The first kappa shape index (κ1) is 11.2. The summed E-state index contributed by atoms with van der Waals surface area (Å²) < 4.78 is 5.66. The van der Waals surface area contributed by atoms with Gasteiger partial charge in [0.05, 0.1) is 6.10 Å². The quantitative estimate of drug-likeness (QED) is 0.689. The third-order valence-electron chi connectivity index (χ3n) is 3.46. The number of carbonyl (C=O) groups is 1. The summed E-state index contributed by atoms with van der Waals surface area (Å²) in [6, 6.07) is 0. The minimum Gasteiger partial charge on any atom is -0.378 e. The van der Waals surface area contributed by atoms with Crippen LogP contribution in [0.15, 0.2) is 0 Å². The monoisotopic (exact) mass is 231 g/mol. The molecule has 0 spiro atoms. The number of carbonyl (C=O) groups excluding carboxylic acids is 1. The van der Waals surface area contributed by atoms with Crippen molar-refractivity contribution in [3.63, 3.8) is 0 Å². The molecular weight excluding hydrogens is 214 g/mol. The van der Waals surface area contributed by atoms with Gasteiger partial charge in [-0.25, -0.2) is 0 Å². The Balaban J connectivity index is 1.89. The molecule has 1 amide bonds. The highest BCUT2D eigenvalue weighted by Gasteiger charge is 2.48. The van der Waals surface area contributed by atoms with Crippen LogP contribution < -0.4 is 0 Å². The van der Waals surface area contributed by atoms with Crippen molar-refractivity contribution in [2.75, 3.05) is 19.7 Å². The predicted octanol–water partition coefficient (Wildman–Crippen LogP) is 1.50. The van der Waals surface area contributed by atoms with E-state index < -0.39 is 5.38 Å². The maximum Gasteiger partial charge on any atom is 0.240 e. The molecule has 3 aliphatic rings. The van der Waals surface area contributed by atoms with Gasteiger partial charge >= 0.3 is 0 Å². The second-order valence-corrected chi connectivity index (χ2v) is 5.19. The van der Waals surface area contributed by atoms with Crippen LogP contribution in [0.4, 0.5) is 0 Å². The molecule has 0 aromatic heterocycles. The minimum absolute atomic E-state index is 0.0707. The van der Waals surface area contributed by atoms with Crippen LogP contribution in [0.5, 0.6) is 0 Å². The highest BCUT2D eigenvalue weighted by Crippen LogP contribution is 2.42. The van der Waals surface area contributed by atoms with Gasteiger partial charge in [-0.15, -0.1) is 11.6 Å². The first-order chi connectivity index (χ1) is 7.13. The molecule has 3 unspecified atom stereocenters. The fraction of sp³-hybridized carbons (Fsp3) is 0.909. The summed E-state index contributed by atoms with van der Waals surface area (Å²) in [5.41, 5.74) is 0. The smallest absolute Gasteiger partial charge is 0.240 e. The van der Waals surface area contributed by atoms with Gasteiger partial charge in [-0.3, -0.25) is 4.79 Å². The van der Waals surface area contributed by atoms with Crippen LogP contribution in [0.25, 0.3) is 0 Å². The van der Waals surface area contributed by atoms with Gasteiger partial charge in [-0.05, 0) is 20.3 Å². The van der Waals surface area contributed by atoms with Gasteiger partial charge in [-0.1, -0.05) is 0 Å². The summed E-state index contributed by atoms with van der Waals surface area (Å²) in [5, 5.41) is -0.395. The number of piperidine rings is 2. The van der Waals surface area contributed by atoms with E-state index in [4.69, 9.17) is 16.3 Å². The highest BCUT2D eigenvalue weighted by atomic mass is 35.5. The summed E-state index contributed by atoms with van der Waals surface area (Å²) in [6.45, 7) is 6.20. The Hall–Kier alpha value is -0.280. The molecule has 86 valence electrons. The number of alkyl halides is 1. The van der Waals surface area contributed by atoms with Gasteiger partial charge in [0.25, 0.3) is 0 Å². The largest absolute Gasteiger partial charge is 0.378 e. The molecule has 1 aliphatic carbocycles. The van der Waals surface area contributed by atoms with Crippen molar-refractivity contribution in [1.29, 1.82) is 0 Å². The number of ether oxygens (including phenoxy) is 1. The van der Waals surface area contributed by atoms with Crippen molar-refractivity contribution in [3.05, 3.63) is 0 Å². The van der Waals surface area contributed by atoms with E-state index in [0.29, 0.717) is 17.9 Å². The summed E-state index contributed by atoms with van der Waals surface area (Å²) >= 11 is 5.80. The average Bonchev–Trinajstić information content (AvgIpc) is 2.24. The van der Waals surface area contributed by atoms with Crippen molar-refractivity contribution in [2.45, 2.75) is 31.7 Å². The summed E-state index contributed by atoms with van der Waals surface area (Å²) in [4.78, 5) is 13.6. The topological polar surface area (TPSA) is 29.5 Å². The van der Waals surface area contributed by atoms with Crippen LogP contribution in [0.3, 0.4) is 0 Å². The molecule has 2 heterocycles. The summed E-state index contributed by atoms with van der Waals surface area (Å²) in [5.74, 6) is 1.16. The first-order valence-corrected chi connectivity index (χ1v) is 6.11. The molecule has 3 rings (SSSR count). The molecule has 0 radical (unpaired) electrons. The van der Waals surface area contributed by atoms with E-state index in [2.05, 4.69) is 0 Å². The molecule has 1 saturated carbocycles. The number of halogens is 1.